The Morgan fingerprint density at radius 2 is 1.93 bits per heavy atom. The standard InChI is InChI=1S/C13H14O2/c1-15-11-4-2-10(3-5-11)13-6-9(7-13)12(14)8-13/h2-5,9H,6-8H2,1H3. The van der Waals surface area contributed by atoms with Crippen LogP contribution in [-0.2, 0) is 10.2 Å². The fourth-order valence-electron chi connectivity index (χ4n) is 3.02. The zero-order valence-electron chi connectivity index (χ0n) is 8.82. The molecule has 0 saturated heterocycles. The molecule has 3 aliphatic carbocycles. The quantitative estimate of drug-likeness (QED) is 0.735. The number of hydrogen-bond donors (Lipinski definition) is 0. The van der Waals surface area contributed by atoms with Crippen LogP contribution in [0.2, 0.25) is 0 Å². The van der Waals surface area contributed by atoms with E-state index in [0.29, 0.717) is 11.7 Å². The van der Waals surface area contributed by atoms with Gasteiger partial charge in [0.05, 0.1) is 7.11 Å². The van der Waals surface area contributed by atoms with Crippen LogP contribution in [0.5, 0.6) is 5.75 Å². The summed E-state index contributed by atoms with van der Waals surface area (Å²) in [4.78, 5) is 11.5. The zero-order chi connectivity index (χ0) is 10.5. The molecule has 2 nitrogen and oxygen atoms in total. The van der Waals surface area contributed by atoms with Crippen LogP contribution >= 0.6 is 0 Å². The summed E-state index contributed by atoms with van der Waals surface area (Å²) < 4.78 is 5.13. The maximum absolute atomic E-state index is 11.5. The van der Waals surface area contributed by atoms with E-state index in [-0.39, 0.29) is 5.41 Å². The fraction of sp³-hybridized carbons (Fsp3) is 0.462. The van der Waals surface area contributed by atoms with E-state index >= 15 is 0 Å². The van der Waals surface area contributed by atoms with Crippen LogP contribution in [0.25, 0.3) is 0 Å². The van der Waals surface area contributed by atoms with Crippen LogP contribution in [-0.4, -0.2) is 12.9 Å². The summed E-state index contributed by atoms with van der Waals surface area (Å²) >= 11 is 0. The highest BCUT2D eigenvalue weighted by Crippen LogP contribution is 2.57. The average molecular weight is 202 g/mol. The summed E-state index contributed by atoms with van der Waals surface area (Å²) in [6.07, 6.45) is 2.89. The van der Waals surface area contributed by atoms with E-state index in [4.69, 9.17) is 4.74 Å². The lowest BCUT2D eigenvalue weighted by Gasteiger charge is -2.37. The number of ketones is 1. The molecule has 0 N–H and O–H groups in total. The molecule has 0 spiro atoms. The van der Waals surface area contributed by atoms with Crippen molar-refractivity contribution < 1.29 is 9.53 Å². The molecule has 0 amide bonds. The lowest BCUT2D eigenvalue weighted by molar-refractivity contribution is -0.119. The lowest BCUT2D eigenvalue weighted by atomic mass is 9.65. The third kappa shape index (κ3) is 1.14. The fourth-order valence-corrected chi connectivity index (χ4v) is 3.02. The summed E-state index contributed by atoms with van der Waals surface area (Å²) in [5, 5.41) is 0. The van der Waals surface area contributed by atoms with Crippen molar-refractivity contribution in [3.63, 3.8) is 0 Å². The van der Waals surface area contributed by atoms with Gasteiger partial charge in [-0.3, -0.25) is 4.79 Å². The minimum Gasteiger partial charge on any atom is -0.497 e. The second kappa shape index (κ2) is 2.84. The average Bonchev–Trinajstić information content (AvgIpc) is 2.70. The Labute approximate surface area is 89.2 Å². The Hall–Kier alpha value is -1.31. The molecule has 15 heavy (non-hydrogen) atoms. The lowest BCUT2D eigenvalue weighted by Crippen LogP contribution is -2.32. The number of fused-ring (bicyclic) bond motifs is 1. The predicted molar refractivity (Wildman–Crippen MR) is 57.0 cm³/mol. The number of Topliss-reactive ketones (excluding diaryl/α,β-unsaturated/α-hetero) is 1. The molecule has 0 atom stereocenters. The molecule has 3 fully saturated rings. The Kier molecular flexibility index (Phi) is 1.70. The predicted octanol–water partition coefficient (Wildman–Crippen LogP) is 2.32. The van der Waals surface area contributed by atoms with Crippen molar-refractivity contribution in [3.8, 4) is 5.75 Å². The van der Waals surface area contributed by atoms with Gasteiger partial charge in [0.1, 0.15) is 11.5 Å². The zero-order valence-corrected chi connectivity index (χ0v) is 8.82. The summed E-state index contributed by atoms with van der Waals surface area (Å²) in [6, 6.07) is 8.18. The van der Waals surface area contributed by atoms with E-state index in [1.54, 1.807) is 7.11 Å². The van der Waals surface area contributed by atoms with Gasteiger partial charge in [-0.2, -0.15) is 0 Å². The van der Waals surface area contributed by atoms with Crippen LogP contribution in [0.15, 0.2) is 24.3 Å². The summed E-state index contributed by atoms with van der Waals surface area (Å²) in [7, 11) is 1.67. The third-order valence-corrected chi connectivity index (χ3v) is 3.94. The molecule has 78 valence electrons. The Balaban J connectivity index is 1.91. The molecule has 0 heterocycles. The van der Waals surface area contributed by atoms with Crippen LogP contribution < -0.4 is 4.74 Å². The van der Waals surface area contributed by atoms with Crippen LogP contribution in [0.1, 0.15) is 24.8 Å². The van der Waals surface area contributed by atoms with E-state index in [1.807, 2.05) is 12.1 Å². The van der Waals surface area contributed by atoms with E-state index in [2.05, 4.69) is 12.1 Å². The van der Waals surface area contributed by atoms with Crippen molar-refractivity contribution in [2.24, 2.45) is 5.92 Å². The van der Waals surface area contributed by atoms with Gasteiger partial charge in [0.2, 0.25) is 0 Å². The molecule has 3 aliphatic rings. The first-order chi connectivity index (χ1) is 7.23. The maximum atomic E-state index is 11.5. The number of ether oxygens (including phenoxy) is 1. The molecule has 0 radical (unpaired) electrons. The number of benzene rings is 1. The molecular weight excluding hydrogens is 188 g/mol. The summed E-state index contributed by atoms with van der Waals surface area (Å²) in [5.74, 6) is 1.72. The molecule has 1 aromatic carbocycles. The van der Waals surface area contributed by atoms with Gasteiger partial charge in [-0.15, -0.1) is 0 Å². The number of carbonyl (C=O) groups excluding carboxylic acids is 1. The van der Waals surface area contributed by atoms with Gasteiger partial charge in [0.15, 0.2) is 0 Å². The second-order valence-corrected chi connectivity index (χ2v) is 4.76. The number of rotatable bonds is 2. The SMILES string of the molecule is COc1ccc(C23CC(=O)C(C2)C3)cc1. The highest BCUT2D eigenvalue weighted by molar-refractivity contribution is 5.89. The van der Waals surface area contributed by atoms with Crippen LogP contribution in [0.3, 0.4) is 0 Å². The van der Waals surface area contributed by atoms with Gasteiger partial charge < -0.3 is 4.74 Å². The Bertz CT molecular complexity index is 399. The van der Waals surface area contributed by atoms with E-state index in [0.717, 1.165) is 25.0 Å². The van der Waals surface area contributed by atoms with E-state index < -0.39 is 0 Å². The van der Waals surface area contributed by atoms with Crippen molar-refractivity contribution in [2.45, 2.75) is 24.7 Å². The van der Waals surface area contributed by atoms with Crippen molar-refractivity contribution in [2.75, 3.05) is 7.11 Å². The highest BCUT2D eigenvalue weighted by atomic mass is 16.5. The van der Waals surface area contributed by atoms with Gasteiger partial charge in [0, 0.05) is 17.8 Å². The van der Waals surface area contributed by atoms with Gasteiger partial charge in [-0.25, -0.2) is 0 Å². The van der Waals surface area contributed by atoms with Crippen molar-refractivity contribution >= 4 is 5.78 Å². The minimum atomic E-state index is 0.189. The molecular formula is C13H14O2. The minimum absolute atomic E-state index is 0.189. The van der Waals surface area contributed by atoms with Gasteiger partial charge in [0.25, 0.3) is 0 Å². The van der Waals surface area contributed by atoms with E-state index in [1.165, 1.54) is 5.56 Å². The highest BCUT2D eigenvalue weighted by Gasteiger charge is 2.56. The largest absolute Gasteiger partial charge is 0.497 e. The van der Waals surface area contributed by atoms with Gasteiger partial charge >= 0.3 is 0 Å². The molecule has 1 aromatic rings. The monoisotopic (exact) mass is 202 g/mol. The molecule has 4 rings (SSSR count). The van der Waals surface area contributed by atoms with Gasteiger partial charge in [-0.1, -0.05) is 12.1 Å². The molecule has 0 aromatic heterocycles. The van der Waals surface area contributed by atoms with Crippen molar-refractivity contribution in [1.82, 2.24) is 0 Å². The Morgan fingerprint density at radius 1 is 1.27 bits per heavy atom. The molecule has 3 saturated carbocycles. The molecule has 0 aliphatic heterocycles. The van der Waals surface area contributed by atoms with Gasteiger partial charge in [-0.05, 0) is 30.5 Å². The number of hydrogen-bond acceptors (Lipinski definition) is 2. The summed E-state index contributed by atoms with van der Waals surface area (Å²) in [6.45, 7) is 0. The van der Waals surface area contributed by atoms with E-state index in [9.17, 15) is 4.79 Å². The first kappa shape index (κ1) is 8.96. The molecule has 2 bridgehead atoms. The normalized spacial score (nSPS) is 32.6. The topological polar surface area (TPSA) is 26.3 Å². The van der Waals surface area contributed by atoms with Crippen LogP contribution in [0, 0.1) is 5.92 Å². The Morgan fingerprint density at radius 3 is 2.40 bits per heavy atom. The number of methoxy groups -OCH3 is 1. The second-order valence-electron chi connectivity index (χ2n) is 4.76. The number of carbonyl (C=O) groups is 1. The molecule has 2 heteroatoms. The summed E-state index contributed by atoms with van der Waals surface area (Å²) in [5.41, 5.74) is 1.50. The first-order valence-electron chi connectivity index (χ1n) is 5.41. The van der Waals surface area contributed by atoms with Crippen molar-refractivity contribution in [3.05, 3.63) is 29.8 Å². The third-order valence-electron chi connectivity index (χ3n) is 3.94. The molecule has 0 unspecified atom stereocenters. The van der Waals surface area contributed by atoms with Crippen molar-refractivity contribution in [1.29, 1.82) is 0 Å². The first-order valence-corrected chi connectivity index (χ1v) is 5.41. The maximum Gasteiger partial charge on any atom is 0.136 e. The van der Waals surface area contributed by atoms with Crippen LogP contribution in [0.4, 0.5) is 0 Å². The smallest absolute Gasteiger partial charge is 0.136 e.